The van der Waals surface area contributed by atoms with E-state index in [1.54, 1.807) is 7.11 Å². The van der Waals surface area contributed by atoms with Gasteiger partial charge in [-0.15, -0.1) is 0 Å². The molecule has 28 heavy (non-hydrogen) atoms. The van der Waals surface area contributed by atoms with Crippen LogP contribution in [0, 0.1) is 11.6 Å². The predicted molar refractivity (Wildman–Crippen MR) is 103 cm³/mol. The van der Waals surface area contributed by atoms with Crippen molar-refractivity contribution in [1.29, 1.82) is 0 Å². The predicted octanol–water partition coefficient (Wildman–Crippen LogP) is 4.08. The first-order valence-electron chi connectivity index (χ1n) is 8.65. The van der Waals surface area contributed by atoms with Crippen LogP contribution in [0.1, 0.15) is 16.1 Å². The van der Waals surface area contributed by atoms with Crippen molar-refractivity contribution in [1.82, 2.24) is 10.3 Å². The average Bonchev–Trinajstić information content (AvgIpc) is 2.71. The number of pyridine rings is 1. The zero-order valence-electron chi connectivity index (χ0n) is 15.2. The van der Waals surface area contributed by atoms with Gasteiger partial charge in [-0.25, -0.2) is 13.8 Å². The molecule has 2 aromatic carbocycles. The molecule has 1 heterocycles. The van der Waals surface area contributed by atoms with E-state index in [1.165, 1.54) is 24.4 Å². The highest BCUT2D eigenvalue weighted by Gasteiger charge is 2.10. The van der Waals surface area contributed by atoms with Gasteiger partial charge in [0.05, 0.1) is 19.0 Å². The van der Waals surface area contributed by atoms with Crippen molar-refractivity contribution in [3.63, 3.8) is 0 Å². The van der Waals surface area contributed by atoms with Crippen LogP contribution in [0.2, 0.25) is 0 Å². The van der Waals surface area contributed by atoms with E-state index in [1.807, 2.05) is 24.3 Å². The summed E-state index contributed by atoms with van der Waals surface area (Å²) in [7, 11) is 1.60. The maximum Gasteiger partial charge on any atom is 0.269 e. The van der Waals surface area contributed by atoms with Gasteiger partial charge >= 0.3 is 0 Å². The van der Waals surface area contributed by atoms with E-state index in [0.29, 0.717) is 18.7 Å². The highest BCUT2D eigenvalue weighted by Crippen LogP contribution is 2.22. The molecular weight excluding hydrogens is 364 g/mol. The number of nitrogens with zero attached hydrogens (tertiary/aromatic N) is 1. The van der Waals surface area contributed by atoms with E-state index < -0.39 is 11.6 Å². The Hall–Kier alpha value is -3.48. The molecule has 3 aromatic rings. The Balaban J connectivity index is 1.56. The number of aromatic nitrogens is 1. The largest absolute Gasteiger partial charge is 0.497 e. The third-order valence-corrected chi connectivity index (χ3v) is 4.06. The van der Waals surface area contributed by atoms with Gasteiger partial charge in [-0.2, -0.15) is 0 Å². The maximum atomic E-state index is 13.7. The Morgan fingerprint density at radius 2 is 1.82 bits per heavy atom. The fourth-order valence-electron chi connectivity index (χ4n) is 2.60. The van der Waals surface area contributed by atoms with E-state index in [2.05, 4.69) is 15.6 Å². The second kappa shape index (κ2) is 8.94. The van der Waals surface area contributed by atoms with E-state index in [0.717, 1.165) is 23.4 Å². The molecule has 5 nitrogen and oxygen atoms in total. The molecule has 2 N–H and O–H groups in total. The van der Waals surface area contributed by atoms with Crippen LogP contribution < -0.4 is 15.4 Å². The third kappa shape index (κ3) is 4.82. The van der Waals surface area contributed by atoms with Crippen LogP contribution in [-0.2, 0) is 6.42 Å². The van der Waals surface area contributed by atoms with E-state index >= 15 is 0 Å². The topological polar surface area (TPSA) is 63.2 Å². The van der Waals surface area contributed by atoms with E-state index in [-0.39, 0.29) is 17.3 Å². The summed E-state index contributed by atoms with van der Waals surface area (Å²) in [6, 6.07) is 14.2. The number of hydrogen-bond donors (Lipinski definition) is 2. The number of halogens is 2. The molecule has 0 radical (unpaired) electrons. The van der Waals surface area contributed by atoms with Gasteiger partial charge in [-0.05, 0) is 48.4 Å². The summed E-state index contributed by atoms with van der Waals surface area (Å²) in [5.74, 6) is -0.981. The van der Waals surface area contributed by atoms with Crippen molar-refractivity contribution < 1.29 is 18.3 Å². The average molecular weight is 383 g/mol. The molecule has 0 aliphatic carbocycles. The molecule has 0 aliphatic heterocycles. The molecule has 0 bridgehead atoms. The van der Waals surface area contributed by atoms with Crippen molar-refractivity contribution in [2.24, 2.45) is 0 Å². The maximum absolute atomic E-state index is 13.7. The van der Waals surface area contributed by atoms with Gasteiger partial charge < -0.3 is 15.4 Å². The van der Waals surface area contributed by atoms with Crippen LogP contribution in [0.3, 0.4) is 0 Å². The zero-order chi connectivity index (χ0) is 19.9. The Kier molecular flexibility index (Phi) is 6.16. The number of ether oxygens (including phenoxy) is 1. The van der Waals surface area contributed by atoms with Gasteiger partial charge in [0.2, 0.25) is 0 Å². The van der Waals surface area contributed by atoms with Crippen LogP contribution in [-0.4, -0.2) is 24.5 Å². The lowest BCUT2D eigenvalue weighted by Crippen LogP contribution is -2.26. The Morgan fingerprint density at radius 3 is 2.50 bits per heavy atom. The quantitative estimate of drug-likeness (QED) is 0.645. The normalized spacial score (nSPS) is 10.4. The summed E-state index contributed by atoms with van der Waals surface area (Å²) in [5, 5.41) is 5.42. The standard InChI is InChI=1S/C21H19F2N3O2/c1-28-16-5-2-4-14(12-16)10-11-24-21(27)19-9-8-15(13-25-19)26-20-17(22)6-3-7-18(20)23/h2-9,12-13,26H,10-11H2,1H3,(H,24,27). The molecule has 0 saturated heterocycles. The van der Waals surface area contributed by atoms with Crippen LogP contribution in [0.25, 0.3) is 0 Å². The minimum absolute atomic E-state index is 0.213. The van der Waals surface area contributed by atoms with Crippen LogP contribution in [0.15, 0.2) is 60.8 Å². The molecular formula is C21H19F2N3O2. The van der Waals surface area contributed by atoms with Gasteiger partial charge in [-0.3, -0.25) is 4.79 Å². The zero-order valence-corrected chi connectivity index (χ0v) is 15.2. The minimum atomic E-state index is -0.709. The van der Waals surface area contributed by atoms with Gasteiger partial charge in [-0.1, -0.05) is 18.2 Å². The second-order valence-corrected chi connectivity index (χ2v) is 6.01. The smallest absolute Gasteiger partial charge is 0.269 e. The first-order chi connectivity index (χ1) is 13.6. The van der Waals surface area contributed by atoms with Crippen molar-refractivity contribution in [2.75, 3.05) is 19.0 Å². The van der Waals surface area contributed by atoms with Gasteiger partial charge in [0.15, 0.2) is 0 Å². The Morgan fingerprint density at radius 1 is 1.07 bits per heavy atom. The monoisotopic (exact) mass is 383 g/mol. The molecule has 0 spiro atoms. The SMILES string of the molecule is COc1cccc(CCNC(=O)c2ccc(Nc3c(F)cccc3F)cn2)c1. The summed E-state index contributed by atoms with van der Waals surface area (Å²) >= 11 is 0. The van der Waals surface area contributed by atoms with Gasteiger partial charge in [0.1, 0.15) is 28.8 Å². The first kappa shape index (κ1) is 19.3. The molecule has 0 atom stereocenters. The summed E-state index contributed by atoms with van der Waals surface area (Å²) in [6.45, 7) is 0.439. The Labute approximate surface area is 161 Å². The minimum Gasteiger partial charge on any atom is -0.497 e. The second-order valence-electron chi connectivity index (χ2n) is 6.01. The summed E-state index contributed by atoms with van der Waals surface area (Å²) in [4.78, 5) is 16.2. The first-order valence-corrected chi connectivity index (χ1v) is 8.65. The number of nitrogens with one attached hydrogen (secondary N) is 2. The molecule has 1 amide bonds. The summed E-state index contributed by atoms with van der Waals surface area (Å²) < 4.78 is 32.5. The number of methoxy groups -OCH3 is 1. The fraction of sp³-hybridized carbons (Fsp3) is 0.143. The van der Waals surface area contributed by atoms with Crippen molar-refractivity contribution in [2.45, 2.75) is 6.42 Å². The van der Waals surface area contributed by atoms with Crippen LogP contribution >= 0.6 is 0 Å². The molecule has 144 valence electrons. The number of benzene rings is 2. The molecule has 3 rings (SSSR count). The van der Waals surface area contributed by atoms with E-state index in [4.69, 9.17) is 4.74 Å². The van der Waals surface area contributed by atoms with Crippen molar-refractivity contribution in [3.8, 4) is 5.75 Å². The lowest BCUT2D eigenvalue weighted by molar-refractivity contribution is 0.0949. The molecule has 0 saturated carbocycles. The van der Waals surface area contributed by atoms with Crippen molar-refractivity contribution >= 4 is 17.3 Å². The number of para-hydroxylation sites is 1. The third-order valence-electron chi connectivity index (χ3n) is 4.06. The molecule has 7 heteroatoms. The lowest BCUT2D eigenvalue weighted by Gasteiger charge is -2.09. The molecule has 0 fully saturated rings. The van der Waals surface area contributed by atoms with Crippen molar-refractivity contribution in [3.05, 3.63) is 83.7 Å². The molecule has 1 aromatic heterocycles. The highest BCUT2D eigenvalue weighted by atomic mass is 19.1. The van der Waals surface area contributed by atoms with Gasteiger partial charge in [0.25, 0.3) is 5.91 Å². The summed E-state index contributed by atoms with van der Waals surface area (Å²) in [5.41, 5.74) is 1.36. The lowest BCUT2D eigenvalue weighted by atomic mass is 10.1. The number of carbonyl (C=O) groups excluding carboxylic acids is 1. The van der Waals surface area contributed by atoms with E-state index in [9.17, 15) is 13.6 Å². The number of carbonyl (C=O) groups is 1. The number of anilines is 2. The number of amides is 1. The van der Waals surface area contributed by atoms with Crippen LogP contribution in [0.4, 0.5) is 20.2 Å². The molecule has 0 unspecified atom stereocenters. The summed E-state index contributed by atoms with van der Waals surface area (Å²) in [6.07, 6.45) is 2.00. The highest BCUT2D eigenvalue weighted by molar-refractivity contribution is 5.92. The molecule has 0 aliphatic rings. The van der Waals surface area contributed by atoms with Gasteiger partial charge in [0, 0.05) is 6.54 Å². The fourth-order valence-corrected chi connectivity index (χ4v) is 2.60. The number of hydrogen-bond acceptors (Lipinski definition) is 4. The number of rotatable bonds is 7. The Bertz CT molecular complexity index is 942. The van der Waals surface area contributed by atoms with Crippen LogP contribution in [0.5, 0.6) is 5.75 Å².